The molecule has 0 unspecified atom stereocenters. The van der Waals surface area contributed by atoms with Crippen LogP contribution in [0.15, 0.2) is 102 Å². The van der Waals surface area contributed by atoms with Gasteiger partial charge in [-0.15, -0.1) is 0 Å². The molecule has 0 spiro atoms. The zero-order chi connectivity index (χ0) is 33.3. The van der Waals surface area contributed by atoms with Crippen molar-refractivity contribution in [3.8, 4) is 0 Å². The van der Waals surface area contributed by atoms with E-state index in [0.29, 0.717) is 17.1 Å². The number of nitrogens with zero attached hydrogens (tertiary/aromatic N) is 2. The van der Waals surface area contributed by atoms with Crippen LogP contribution < -0.4 is 9.62 Å². The van der Waals surface area contributed by atoms with E-state index in [1.54, 1.807) is 30.3 Å². The van der Waals surface area contributed by atoms with E-state index in [1.807, 2.05) is 44.2 Å². The van der Waals surface area contributed by atoms with E-state index >= 15 is 4.39 Å². The Morgan fingerprint density at radius 2 is 1.54 bits per heavy atom. The van der Waals surface area contributed by atoms with Gasteiger partial charge in [0.15, 0.2) is 0 Å². The van der Waals surface area contributed by atoms with Crippen LogP contribution in [0.4, 0.5) is 10.1 Å². The van der Waals surface area contributed by atoms with Crippen molar-refractivity contribution in [3.05, 3.63) is 130 Å². The van der Waals surface area contributed by atoms with Crippen molar-refractivity contribution in [1.29, 1.82) is 0 Å². The number of hydrogen-bond acceptors (Lipinski definition) is 4. The molecule has 0 radical (unpaired) electrons. The average Bonchev–Trinajstić information content (AvgIpc) is 3.04. The molecule has 46 heavy (non-hydrogen) atoms. The van der Waals surface area contributed by atoms with Gasteiger partial charge in [-0.25, -0.2) is 12.8 Å². The molecule has 0 aromatic heterocycles. The van der Waals surface area contributed by atoms with Gasteiger partial charge in [-0.2, -0.15) is 0 Å². The molecule has 4 aromatic rings. The van der Waals surface area contributed by atoms with E-state index in [1.165, 1.54) is 35.2 Å². The second-order valence-electron chi connectivity index (χ2n) is 10.9. The number of unbranched alkanes of at least 4 members (excludes halogenated alkanes) is 1. The fraction of sp³-hybridized carbons (Fsp3) is 0.257. The molecule has 0 aliphatic carbocycles. The zero-order valence-electron chi connectivity index (χ0n) is 25.6. The number of aryl methyl sites for hydroxylation is 1. The van der Waals surface area contributed by atoms with Crippen LogP contribution in [0, 0.1) is 12.7 Å². The van der Waals surface area contributed by atoms with Gasteiger partial charge in [-0.3, -0.25) is 13.9 Å². The average molecular weight is 685 g/mol. The third-order valence-corrected chi connectivity index (χ3v) is 9.96. The molecular weight excluding hydrogens is 648 g/mol. The van der Waals surface area contributed by atoms with Gasteiger partial charge in [-0.1, -0.05) is 103 Å². The van der Waals surface area contributed by atoms with Gasteiger partial charge in [0.25, 0.3) is 10.0 Å². The summed E-state index contributed by atoms with van der Waals surface area (Å²) in [6, 6.07) is 24.5. The van der Waals surface area contributed by atoms with E-state index in [0.717, 1.165) is 34.3 Å². The molecule has 11 heteroatoms. The summed E-state index contributed by atoms with van der Waals surface area (Å²) in [5.74, 6) is -1.93. The van der Waals surface area contributed by atoms with Crippen molar-refractivity contribution in [2.45, 2.75) is 50.6 Å². The molecule has 4 aromatic carbocycles. The lowest BCUT2D eigenvalue weighted by atomic mass is 10.0. The molecule has 0 saturated heterocycles. The normalized spacial score (nSPS) is 11.9. The number of hydrogen-bond donors (Lipinski definition) is 1. The molecule has 242 valence electrons. The first-order valence-corrected chi connectivity index (χ1v) is 17.1. The highest BCUT2D eigenvalue weighted by atomic mass is 35.5. The number of nitrogens with one attached hydrogen (secondary N) is 1. The van der Waals surface area contributed by atoms with Gasteiger partial charge in [0.1, 0.15) is 18.4 Å². The van der Waals surface area contributed by atoms with Gasteiger partial charge in [0.05, 0.1) is 20.6 Å². The molecule has 2 amide bonds. The fourth-order valence-electron chi connectivity index (χ4n) is 4.90. The molecule has 0 fully saturated rings. The van der Waals surface area contributed by atoms with Crippen LogP contribution in [0.5, 0.6) is 0 Å². The number of rotatable bonds is 14. The molecule has 0 aliphatic heterocycles. The van der Waals surface area contributed by atoms with Gasteiger partial charge in [-0.05, 0) is 60.9 Å². The SMILES string of the molecule is CCCCNC(=O)[C@H](Cc1ccccc1)N(Cc1ccc(Cl)c(Cl)c1)C(=O)CN(c1ccccc1F)S(=O)(=O)c1ccc(C)cc1. The van der Waals surface area contributed by atoms with Crippen LogP contribution in [0.3, 0.4) is 0 Å². The van der Waals surface area contributed by atoms with E-state index in [4.69, 9.17) is 23.2 Å². The van der Waals surface area contributed by atoms with E-state index < -0.39 is 40.2 Å². The van der Waals surface area contributed by atoms with E-state index in [2.05, 4.69) is 5.32 Å². The Balaban J connectivity index is 1.81. The molecule has 1 atom stereocenters. The summed E-state index contributed by atoms with van der Waals surface area (Å²) >= 11 is 12.5. The van der Waals surface area contributed by atoms with Crippen LogP contribution in [0.25, 0.3) is 0 Å². The smallest absolute Gasteiger partial charge is 0.264 e. The minimum Gasteiger partial charge on any atom is -0.354 e. The third kappa shape index (κ3) is 8.87. The van der Waals surface area contributed by atoms with Crippen molar-refractivity contribution in [1.82, 2.24) is 10.2 Å². The predicted molar refractivity (Wildman–Crippen MR) is 181 cm³/mol. The minimum atomic E-state index is -4.42. The summed E-state index contributed by atoms with van der Waals surface area (Å²) < 4.78 is 44.1. The van der Waals surface area contributed by atoms with Crippen LogP contribution in [-0.4, -0.2) is 44.3 Å². The van der Waals surface area contributed by atoms with Gasteiger partial charge in [0, 0.05) is 19.5 Å². The van der Waals surface area contributed by atoms with Crippen molar-refractivity contribution in [3.63, 3.8) is 0 Å². The second-order valence-corrected chi connectivity index (χ2v) is 13.6. The van der Waals surface area contributed by atoms with Crippen molar-refractivity contribution in [2.75, 3.05) is 17.4 Å². The number of halogens is 3. The number of sulfonamides is 1. The Morgan fingerprint density at radius 1 is 0.870 bits per heavy atom. The number of carbonyl (C=O) groups is 2. The number of carbonyl (C=O) groups excluding carboxylic acids is 2. The lowest BCUT2D eigenvalue weighted by Gasteiger charge is -2.34. The lowest BCUT2D eigenvalue weighted by Crippen LogP contribution is -2.53. The lowest BCUT2D eigenvalue weighted by molar-refractivity contribution is -0.140. The second kappa shape index (κ2) is 16.1. The Bertz CT molecular complexity index is 1760. The van der Waals surface area contributed by atoms with Crippen LogP contribution in [0.1, 0.15) is 36.5 Å². The molecular formula is C35H36Cl2FN3O4S. The molecule has 0 heterocycles. The predicted octanol–water partition coefficient (Wildman–Crippen LogP) is 7.19. The summed E-state index contributed by atoms with van der Waals surface area (Å²) in [5.41, 5.74) is 1.90. The van der Waals surface area contributed by atoms with Crippen molar-refractivity contribution in [2.24, 2.45) is 0 Å². The largest absolute Gasteiger partial charge is 0.354 e. The van der Waals surface area contributed by atoms with Crippen LogP contribution in [0.2, 0.25) is 10.0 Å². The summed E-state index contributed by atoms with van der Waals surface area (Å²) in [5, 5.41) is 3.50. The molecule has 0 saturated carbocycles. The van der Waals surface area contributed by atoms with E-state index in [9.17, 15) is 18.0 Å². The first kappa shape index (κ1) is 34.9. The monoisotopic (exact) mass is 683 g/mol. The quantitative estimate of drug-likeness (QED) is 0.143. The summed E-state index contributed by atoms with van der Waals surface area (Å²) in [6.07, 6.45) is 1.74. The maximum Gasteiger partial charge on any atom is 0.264 e. The van der Waals surface area contributed by atoms with E-state index in [-0.39, 0.29) is 28.6 Å². The minimum absolute atomic E-state index is 0.0931. The first-order valence-electron chi connectivity index (χ1n) is 14.9. The van der Waals surface area contributed by atoms with Crippen molar-refractivity contribution >= 4 is 50.7 Å². The first-order chi connectivity index (χ1) is 22.0. The standard InChI is InChI=1S/C35H36Cl2FN3O4S/c1-3-4-20-39-35(43)33(22-26-10-6-5-7-11-26)40(23-27-16-19-29(36)30(37)21-27)34(42)24-41(32-13-9-8-12-31(32)38)46(44,45)28-17-14-25(2)15-18-28/h5-19,21,33H,3-4,20,22-24H2,1-2H3,(H,39,43)/t33-/m0/s1. The molecule has 0 aliphatic rings. The molecule has 1 N–H and O–H groups in total. The highest BCUT2D eigenvalue weighted by molar-refractivity contribution is 7.92. The Morgan fingerprint density at radius 3 is 2.20 bits per heavy atom. The third-order valence-electron chi connectivity index (χ3n) is 7.45. The highest BCUT2D eigenvalue weighted by Gasteiger charge is 2.35. The topological polar surface area (TPSA) is 86.8 Å². The maximum atomic E-state index is 15.3. The number of benzene rings is 4. The summed E-state index contributed by atoms with van der Waals surface area (Å²) in [7, 11) is -4.42. The fourth-order valence-corrected chi connectivity index (χ4v) is 6.64. The van der Waals surface area contributed by atoms with Crippen LogP contribution in [-0.2, 0) is 32.6 Å². The Kier molecular flexibility index (Phi) is 12.2. The summed E-state index contributed by atoms with van der Waals surface area (Å²) in [4.78, 5) is 29.5. The maximum absolute atomic E-state index is 15.3. The van der Waals surface area contributed by atoms with Gasteiger partial charge >= 0.3 is 0 Å². The Labute approximate surface area is 280 Å². The number of anilines is 1. The molecule has 0 bridgehead atoms. The van der Waals surface area contributed by atoms with Gasteiger partial charge < -0.3 is 10.2 Å². The Hall–Kier alpha value is -3.92. The summed E-state index contributed by atoms with van der Waals surface area (Å²) in [6.45, 7) is 3.35. The van der Waals surface area contributed by atoms with Crippen LogP contribution >= 0.6 is 23.2 Å². The number of amides is 2. The zero-order valence-corrected chi connectivity index (χ0v) is 28.0. The van der Waals surface area contributed by atoms with Gasteiger partial charge in [0.2, 0.25) is 11.8 Å². The highest BCUT2D eigenvalue weighted by Crippen LogP contribution is 2.28. The molecule has 4 rings (SSSR count). The number of para-hydroxylation sites is 1. The van der Waals surface area contributed by atoms with Crippen molar-refractivity contribution < 1.29 is 22.4 Å². The molecule has 7 nitrogen and oxygen atoms in total.